The molecule has 5 heteroatoms. The molecule has 0 unspecified atom stereocenters. The van der Waals surface area contributed by atoms with E-state index in [1.807, 2.05) is 43.3 Å². The van der Waals surface area contributed by atoms with Gasteiger partial charge >= 0.3 is 5.63 Å². The quantitative estimate of drug-likeness (QED) is 0.389. The zero-order valence-corrected chi connectivity index (χ0v) is 14.0. The predicted molar refractivity (Wildman–Crippen MR) is 96.4 cm³/mol. The van der Waals surface area contributed by atoms with Crippen LogP contribution in [0.5, 0.6) is 0 Å². The molecule has 3 nitrogen and oxygen atoms in total. The normalized spacial score (nSPS) is 11.3. The molecular weight excluding hydrogens is 326 g/mol. The highest BCUT2D eigenvalue weighted by atomic mass is 32.2. The molecule has 0 atom stereocenters. The van der Waals surface area contributed by atoms with Crippen molar-refractivity contribution in [1.29, 1.82) is 0 Å². The SMILES string of the molecule is Cc1ccc2c(CSc3nc4ccccc4s3)cc(=O)oc2c1. The summed E-state index contributed by atoms with van der Waals surface area (Å²) in [6.07, 6.45) is 0. The summed E-state index contributed by atoms with van der Waals surface area (Å²) >= 11 is 3.33. The molecule has 0 radical (unpaired) electrons. The maximum Gasteiger partial charge on any atom is 0.336 e. The summed E-state index contributed by atoms with van der Waals surface area (Å²) in [5.74, 6) is 0.699. The van der Waals surface area contributed by atoms with Gasteiger partial charge in [-0.3, -0.25) is 0 Å². The fraction of sp³-hybridized carbons (Fsp3) is 0.111. The van der Waals surface area contributed by atoms with E-state index in [-0.39, 0.29) is 5.63 Å². The summed E-state index contributed by atoms with van der Waals surface area (Å²) in [6.45, 7) is 1.99. The second kappa shape index (κ2) is 5.83. The van der Waals surface area contributed by atoms with E-state index in [1.54, 1.807) is 29.2 Å². The van der Waals surface area contributed by atoms with E-state index in [9.17, 15) is 4.79 Å². The van der Waals surface area contributed by atoms with Crippen molar-refractivity contribution in [2.75, 3.05) is 0 Å². The lowest BCUT2D eigenvalue weighted by molar-refractivity contribution is 0.559. The zero-order valence-electron chi connectivity index (χ0n) is 12.4. The topological polar surface area (TPSA) is 43.1 Å². The molecule has 2 heterocycles. The molecule has 0 amide bonds. The summed E-state index contributed by atoms with van der Waals surface area (Å²) in [7, 11) is 0. The number of aromatic nitrogens is 1. The second-order valence-electron chi connectivity index (χ2n) is 5.33. The molecule has 0 bridgehead atoms. The van der Waals surface area contributed by atoms with Gasteiger partial charge in [0.25, 0.3) is 0 Å². The van der Waals surface area contributed by atoms with E-state index in [2.05, 4.69) is 11.1 Å². The molecule has 0 saturated carbocycles. The summed E-state index contributed by atoms with van der Waals surface area (Å²) in [5.41, 5.74) is 3.44. The number of nitrogens with zero attached hydrogens (tertiary/aromatic N) is 1. The Morgan fingerprint density at radius 1 is 1.17 bits per heavy atom. The van der Waals surface area contributed by atoms with Gasteiger partial charge in [-0.15, -0.1) is 11.3 Å². The van der Waals surface area contributed by atoms with Crippen molar-refractivity contribution in [3.05, 3.63) is 70.1 Å². The van der Waals surface area contributed by atoms with Crippen LogP contribution < -0.4 is 5.63 Å². The fourth-order valence-corrected chi connectivity index (χ4v) is 4.57. The van der Waals surface area contributed by atoms with Gasteiger partial charge in [-0.25, -0.2) is 9.78 Å². The maximum absolute atomic E-state index is 11.8. The number of rotatable bonds is 3. The predicted octanol–water partition coefficient (Wildman–Crippen LogP) is 5.00. The number of aryl methyl sites for hydroxylation is 1. The highest BCUT2D eigenvalue weighted by Crippen LogP contribution is 2.32. The number of hydrogen-bond donors (Lipinski definition) is 0. The van der Waals surface area contributed by atoms with Crippen LogP contribution in [0.3, 0.4) is 0 Å². The van der Waals surface area contributed by atoms with Crippen LogP contribution in [-0.2, 0) is 5.75 Å². The van der Waals surface area contributed by atoms with Crippen molar-refractivity contribution < 1.29 is 4.42 Å². The number of thioether (sulfide) groups is 1. The summed E-state index contributed by atoms with van der Waals surface area (Å²) < 4.78 is 7.50. The Bertz CT molecular complexity index is 1030. The van der Waals surface area contributed by atoms with Gasteiger partial charge in [0.05, 0.1) is 10.2 Å². The minimum Gasteiger partial charge on any atom is -0.423 e. The molecule has 4 rings (SSSR count). The second-order valence-corrected chi connectivity index (χ2v) is 7.58. The van der Waals surface area contributed by atoms with Gasteiger partial charge in [0.15, 0.2) is 4.34 Å². The first-order valence-corrected chi connectivity index (χ1v) is 9.01. The molecular formula is C18H13NO2S2. The van der Waals surface area contributed by atoms with E-state index in [0.29, 0.717) is 11.3 Å². The molecule has 23 heavy (non-hydrogen) atoms. The van der Waals surface area contributed by atoms with Crippen LogP contribution in [0.15, 0.2) is 62.1 Å². The van der Waals surface area contributed by atoms with Gasteiger partial charge in [-0.05, 0) is 36.2 Å². The first-order chi connectivity index (χ1) is 11.2. The fourth-order valence-electron chi connectivity index (χ4n) is 2.51. The zero-order chi connectivity index (χ0) is 15.8. The van der Waals surface area contributed by atoms with Gasteiger partial charge < -0.3 is 4.42 Å². The monoisotopic (exact) mass is 339 g/mol. The van der Waals surface area contributed by atoms with Gasteiger partial charge in [0, 0.05) is 17.2 Å². The van der Waals surface area contributed by atoms with Crippen LogP contribution in [0.25, 0.3) is 21.2 Å². The first kappa shape index (κ1) is 14.5. The standard InChI is InChI=1S/C18H13NO2S2/c1-11-6-7-13-12(9-17(20)21-15(13)8-11)10-22-18-19-14-4-2-3-5-16(14)23-18/h2-9H,10H2,1H3. The molecule has 0 aliphatic rings. The Kier molecular flexibility index (Phi) is 3.67. The van der Waals surface area contributed by atoms with Crippen LogP contribution in [0.1, 0.15) is 11.1 Å². The number of thiazole rings is 1. The lowest BCUT2D eigenvalue weighted by Crippen LogP contribution is -2.00. The van der Waals surface area contributed by atoms with Gasteiger partial charge in [0.1, 0.15) is 5.58 Å². The lowest BCUT2D eigenvalue weighted by Gasteiger charge is -2.04. The third-order valence-electron chi connectivity index (χ3n) is 3.61. The van der Waals surface area contributed by atoms with E-state index >= 15 is 0 Å². The Hall–Kier alpha value is -2.11. The molecule has 0 spiro atoms. The average molecular weight is 339 g/mol. The average Bonchev–Trinajstić information content (AvgIpc) is 2.94. The molecule has 4 aromatic rings. The maximum atomic E-state index is 11.8. The van der Waals surface area contributed by atoms with Crippen LogP contribution in [0, 0.1) is 6.92 Å². The molecule has 0 N–H and O–H groups in total. The number of benzene rings is 2. The largest absolute Gasteiger partial charge is 0.423 e. The van der Waals surface area contributed by atoms with Gasteiger partial charge in [-0.1, -0.05) is 36.0 Å². The van der Waals surface area contributed by atoms with Crippen LogP contribution >= 0.6 is 23.1 Å². The summed E-state index contributed by atoms with van der Waals surface area (Å²) in [6, 6.07) is 15.6. The third-order valence-corrected chi connectivity index (χ3v) is 5.84. The molecule has 0 aliphatic carbocycles. The van der Waals surface area contributed by atoms with E-state index in [4.69, 9.17) is 4.42 Å². The lowest BCUT2D eigenvalue weighted by atomic mass is 10.1. The van der Waals surface area contributed by atoms with E-state index in [0.717, 1.165) is 26.4 Å². The van der Waals surface area contributed by atoms with Crippen LogP contribution in [-0.4, -0.2) is 4.98 Å². The summed E-state index contributed by atoms with van der Waals surface area (Å²) in [5, 5.41) is 0.990. The Morgan fingerprint density at radius 2 is 2.04 bits per heavy atom. The third kappa shape index (κ3) is 2.90. The van der Waals surface area contributed by atoms with Crippen molar-refractivity contribution in [2.45, 2.75) is 17.0 Å². The number of hydrogen-bond acceptors (Lipinski definition) is 5. The van der Waals surface area contributed by atoms with Crippen LogP contribution in [0.2, 0.25) is 0 Å². The molecule has 0 saturated heterocycles. The van der Waals surface area contributed by atoms with Gasteiger partial charge in [0.2, 0.25) is 0 Å². The highest BCUT2D eigenvalue weighted by Gasteiger charge is 2.09. The minimum absolute atomic E-state index is 0.303. The minimum atomic E-state index is -0.303. The van der Waals surface area contributed by atoms with Crippen molar-refractivity contribution in [3.8, 4) is 0 Å². The Balaban J connectivity index is 1.68. The number of para-hydroxylation sites is 1. The molecule has 114 valence electrons. The summed E-state index contributed by atoms with van der Waals surface area (Å²) in [4.78, 5) is 16.4. The van der Waals surface area contributed by atoms with Crippen molar-refractivity contribution >= 4 is 44.3 Å². The molecule has 2 aromatic carbocycles. The molecule has 2 aromatic heterocycles. The Morgan fingerprint density at radius 3 is 2.91 bits per heavy atom. The number of fused-ring (bicyclic) bond motifs is 2. The van der Waals surface area contributed by atoms with Crippen molar-refractivity contribution in [3.63, 3.8) is 0 Å². The van der Waals surface area contributed by atoms with E-state index < -0.39 is 0 Å². The van der Waals surface area contributed by atoms with Gasteiger partial charge in [-0.2, -0.15) is 0 Å². The van der Waals surface area contributed by atoms with Crippen molar-refractivity contribution in [2.24, 2.45) is 0 Å². The molecule has 0 fully saturated rings. The van der Waals surface area contributed by atoms with Crippen molar-refractivity contribution in [1.82, 2.24) is 4.98 Å². The molecule has 0 aliphatic heterocycles. The van der Waals surface area contributed by atoms with E-state index in [1.165, 1.54) is 4.70 Å². The first-order valence-electron chi connectivity index (χ1n) is 7.21. The highest BCUT2D eigenvalue weighted by molar-refractivity contribution is 8.00. The smallest absolute Gasteiger partial charge is 0.336 e. The Labute approximate surface area is 141 Å². The van der Waals surface area contributed by atoms with Crippen LogP contribution in [0.4, 0.5) is 0 Å².